The fourth-order valence-electron chi connectivity index (χ4n) is 2.08. The number of hydrogen-bond donors (Lipinski definition) is 2. The number of aromatic nitrogens is 2. The zero-order valence-corrected chi connectivity index (χ0v) is 13.6. The highest BCUT2D eigenvalue weighted by atomic mass is 32.2. The van der Waals surface area contributed by atoms with Gasteiger partial charge in [0.2, 0.25) is 10.0 Å². The first-order valence-corrected chi connectivity index (χ1v) is 8.35. The van der Waals surface area contributed by atoms with E-state index >= 15 is 0 Å². The van der Waals surface area contributed by atoms with Gasteiger partial charge in [-0.15, -0.1) is 0 Å². The van der Waals surface area contributed by atoms with Crippen LogP contribution in [0.3, 0.4) is 0 Å². The molecule has 0 saturated carbocycles. The molecule has 23 heavy (non-hydrogen) atoms. The first kappa shape index (κ1) is 17.0. The number of rotatable bonds is 6. The summed E-state index contributed by atoms with van der Waals surface area (Å²) in [4.78, 5) is 12.2. The molecule has 0 aliphatic heterocycles. The van der Waals surface area contributed by atoms with Gasteiger partial charge in [-0.25, -0.2) is 13.6 Å². The van der Waals surface area contributed by atoms with Gasteiger partial charge in [0.1, 0.15) is 5.75 Å². The molecule has 9 heteroatoms. The normalized spacial score (nSPS) is 12.7. The van der Waals surface area contributed by atoms with E-state index in [1.807, 2.05) is 6.92 Å². The first-order valence-electron chi connectivity index (χ1n) is 6.80. The number of sulfonamides is 1. The number of nitrogens with one attached hydrogen (secondary N) is 1. The van der Waals surface area contributed by atoms with Gasteiger partial charge < -0.3 is 10.1 Å². The van der Waals surface area contributed by atoms with Crippen molar-refractivity contribution in [2.75, 3.05) is 7.11 Å². The number of carbonyl (C=O) groups excluding carboxylic acids is 1. The third kappa shape index (κ3) is 4.30. The van der Waals surface area contributed by atoms with Crippen LogP contribution < -0.4 is 15.2 Å². The van der Waals surface area contributed by atoms with Gasteiger partial charge in [-0.3, -0.25) is 9.48 Å². The maximum atomic E-state index is 12.4. The molecule has 1 aromatic heterocycles. The van der Waals surface area contributed by atoms with Gasteiger partial charge in [-0.05, 0) is 31.2 Å². The van der Waals surface area contributed by atoms with Crippen molar-refractivity contribution in [3.05, 3.63) is 42.2 Å². The minimum Gasteiger partial charge on any atom is -0.496 e. The second-order valence-corrected chi connectivity index (χ2v) is 6.57. The molecule has 1 unspecified atom stereocenters. The summed E-state index contributed by atoms with van der Waals surface area (Å²) in [5.41, 5.74) is 0.103. The van der Waals surface area contributed by atoms with E-state index in [-0.39, 0.29) is 22.3 Å². The van der Waals surface area contributed by atoms with Crippen molar-refractivity contribution in [3.63, 3.8) is 0 Å². The molecule has 0 aliphatic carbocycles. The molecule has 0 saturated heterocycles. The largest absolute Gasteiger partial charge is 0.496 e. The zero-order valence-electron chi connectivity index (χ0n) is 12.8. The highest BCUT2D eigenvalue weighted by Gasteiger charge is 2.18. The van der Waals surface area contributed by atoms with Crippen molar-refractivity contribution in [1.29, 1.82) is 0 Å². The maximum absolute atomic E-state index is 12.4. The Morgan fingerprint density at radius 2 is 2.22 bits per heavy atom. The Bertz CT molecular complexity index is 787. The van der Waals surface area contributed by atoms with Crippen LogP contribution in [0.5, 0.6) is 5.75 Å². The van der Waals surface area contributed by atoms with Gasteiger partial charge in [0, 0.05) is 18.4 Å². The highest BCUT2D eigenvalue weighted by molar-refractivity contribution is 7.89. The number of ether oxygens (including phenoxy) is 1. The lowest BCUT2D eigenvalue weighted by molar-refractivity contribution is 0.0932. The minimum absolute atomic E-state index is 0.103. The van der Waals surface area contributed by atoms with Crippen LogP contribution in [-0.4, -0.2) is 37.3 Å². The molecule has 1 heterocycles. The second-order valence-electron chi connectivity index (χ2n) is 5.01. The summed E-state index contributed by atoms with van der Waals surface area (Å²) in [6, 6.07) is 5.45. The molecule has 0 aliphatic rings. The predicted molar refractivity (Wildman–Crippen MR) is 83.5 cm³/mol. The molecule has 8 nitrogen and oxygen atoms in total. The molecule has 1 atom stereocenters. The van der Waals surface area contributed by atoms with Crippen molar-refractivity contribution in [3.8, 4) is 5.75 Å². The van der Waals surface area contributed by atoms with Crippen molar-refractivity contribution in [2.24, 2.45) is 5.14 Å². The summed E-state index contributed by atoms with van der Waals surface area (Å²) in [7, 11) is -2.50. The molecular weight excluding hydrogens is 320 g/mol. The van der Waals surface area contributed by atoms with E-state index in [1.165, 1.54) is 25.3 Å². The number of nitrogens with zero attached hydrogens (tertiary/aromatic N) is 2. The van der Waals surface area contributed by atoms with Crippen molar-refractivity contribution < 1.29 is 17.9 Å². The van der Waals surface area contributed by atoms with E-state index in [9.17, 15) is 13.2 Å². The van der Waals surface area contributed by atoms with Crippen molar-refractivity contribution in [2.45, 2.75) is 24.4 Å². The van der Waals surface area contributed by atoms with E-state index in [2.05, 4.69) is 10.4 Å². The van der Waals surface area contributed by atoms with E-state index < -0.39 is 15.9 Å². The predicted octanol–water partition coefficient (Wildman–Crippen LogP) is 0.358. The van der Waals surface area contributed by atoms with E-state index in [0.717, 1.165) is 0 Å². The van der Waals surface area contributed by atoms with Crippen LogP contribution in [0.2, 0.25) is 0 Å². The summed E-state index contributed by atoms with van der Waals surface area (Å²) in [6.45, 7) is 2.30. The van der Waals surface area contributed by atoms with E-state index in [4.69, 9.17) is 9.88 Å². The highest BCUT2D eigenvalue weighted by Crippen LogP contribution is 2.22. The molecule has 1 amide bonds. The fraction of sp³-hybridized carbons (Fsp3) is 0.286. The van der Waals surface area contributed by atoms with Gasteiger partial charge >= 0.3 is 0 Å². The molecule has 0 spiro atoms. The quantitative estimate of drug-likeness (QED) is 0.789. The summed E-state index contributed by atoms with van der Waals surface area (Å²) < 4.78 is 29.7. The van der Waals surface area contributed by atoms with E-state index in [1.54, 1.807) is 23.1 Å². The van der Waals surface area contributed by atoms with Gasteiger partial charge in [0.05, 0.1) is 24.1 Å². The Hall–Kier alpha value is -2.39. The van der Waals surface area contributed by atoms with Gasteiger partial charge in [0.25, 0.3) is 5.91 Å². The average molecular weight is 338 g/mol. The summed E-state index contributed by atoms with van der Waals surface area (Å²) >= 11 is 0. The van der Waals surface area contributed by atoms with Crippen LogP contribution in [0, 0.1) is 0 Å². The Labute approximate surface area is 134 Å². The Balaban J connectivity index is 2.20. The standard InChI is InChI=1S/C14H18N4O4S/c1-10(9-18-7-3-6-16-18)17-14(19)12-8-11(23(15,20)21)4-5-13(12)22-2/h3-8,10H,9H2,1-2H3,(H,17,19)(H2,15,20,21). The number of methoxy groups -OCH3 is 1. The summed E-state index contributed by atoms with van der Waals surface area (Å²) in [5, 5.41) is 11.9. The van der Waals surface area contributed by atoms with Gasteiger partial charge in [-0.1, -0.05) is 0 Å². The monoisotopic (exact) mass is 338 g/mol. The smallest absolute Gasteiger partial charge is 0.255 e. The number of benzene rings is 1. The van der Waals surface area contributed by atoms with Crippen LogP contribution in [-0.2, 0) is 16.6 Å². The number of hydrogen-bond acceptors (Lipinski definition) is 5. The molecule has 2 rings (SSSR count). The molecule has 0 fully saturated rings. The topological polar surface area (TPSA) is 116 Å². The van der Waals surface area contributed by atoms with Gasteiger partial charge in [-0.2, -0.15) is 5.10 Å². The van der Waals surface area contributed by atoms with E-state index in [0.29, 0.717) is 6.54 Å². The third-order valence-corrected chi connectivity index (χ3v) is 4.05. The SMILES string of the molecule is COc1ccc(S(N)(=O)=O)cc1C(=O)NC(C)Cn1cccn1. The zero-order chi connectivity index (χ0) is 17.0. The molecular formula is C14H18N4O4S. The summed E-state index contributed by atoms with van der Waals surface area (Å²) in [5.74, 6) is -0.187. The summed E-state index contributed by atoms with van der Waals surface area (Å²) in [6.07, 6.45) is 3.43. The lowest BCUT2D eigenvalue weighted by Gasteiger charge is -2.16. The fourth-order valence-corrected chi connectivity index (χ4v) is 2.62. The molecule has 124 valence electrons. The van der Waals surface area contributed by atoms with Crippen molar-refractivity contribution >= 4 is 15.9 Å². The number of primary sulfonamides is 1. The van der Waals surface area contributed by atoms with Crippen LogP contribution in [0.15, 0.2) is 41.6 Å². The first-order chi connectivity index (χ1) is 10.8. The van der Waals surface area contributed by atoms with Crippen LogP contribution >= 0.6 is 0 Å². The number of carbonyl (C=O) groups is 1. The lowest BCUT2D eigenvalue weighted by Crippen LogP contribution is -2.36. The number of amides is 1. The van der Waals surface area contributed by atoms with Crippen LogP contribution in [0.25, 0.3) is 0 Å². The van der Waals surface area contributed by atoms with Crippen LogP contribution in [0.4, 0.5) is 0 Å². The Morgan fingerprint density at radius 1 is 1.48 bits per heavy atom. The van der Waals surface area contributed by atoms with Gasteiger partial charge in [0.15, 0.2) is 0 Å². The Kier molecular flexibility index (Phi) is 5.02. The molecule has 3 N–H and O–H groups in total. The average Bonchev–Trinajstić information content (AvgIpc) is 2.98. The number of nitrogens with two attached hydrogens (primary N) is 1. The minimum atomic E-state index is -3.90. The molecule has 0 bridgehead atoms. The van der Waals surface area contributed by atoms with Crippen LogP contribution in [0.1, 0.15) is 17.3 Å². The molecule has 1 aromatic carbocycles. The third-order valence-electron chi connectivity index (χ3n) is 3.14. The second kappa shape index (κ2) is 6.80. The lowest BCUT2D eigenvalue weighted by atomic mass is 10.1. The Morgan fingerprint density at radius 3 is 2.78 bits per heavy atom. The molecule has 0 radical (unpaired) electrons. The molecule has 2 aromatic rings. The van der Waals surface area contributed by atoms with Crippen molar-refractivity contribution in [1.82, 2.24) is 15.1 Å². The maximum Gasteiger partial charge on any atom is 0.255 e.